The average molecular weight is 290 g/mol. The zero-order valence-corrected chi connectivity index (χ0v) is 12.7. The number of aromatic nitrogens is 3. The summed E-state index contributed by atoms with van der Waals surface area (Å²) in [4.78, 5) is 10.8. The first-order valence-electron chi connectivity index (χ1n) is 6.33. The lowest BCUT2D eigenvalue weighted by Gasteiger charge is -2.17. The molecule has 6 heteroatoms. The second kappa shape index (κ2) is 7.12. The van der Waals surface area contributed by atoms with Crippen LogP contribution in [0.1, 0.15) is 16.4 Å². The molecular weight excluding hydrogens is 272 g/mol. The predicted molar refractivity (Wildman–Crippen MR) is 83.0 cm³/mol. The first-order chi connectivity index (χ1) is 9.69. The number of aryl methyl sites for hydroxylation is 1. The molecule has 0 aliphatic carbocycles. The molecule has 2 aromatic heterocycles. The largest absolute Gasteiger partial charge is 0.383 e. The highest BCUT2D eigenvalue weighted by Crippen LogP contribution is 2.13. The van der Waals surface area contributed by atoms with E-state index < -0.39 is 0 Å². The van der Waals surface area contributed by atoms with Crippen LogP contribution in [0.2, 0.25) is 0 Å². The monoisotopic (exact) mass is 290 g/mol. The molecular formula is C14H18N4OS. The summed E-state index contributed by atoms with van der Waals surface area (Å²) < 4.78 is 9.19. The number of methoxy groups -OCH3 is 1. The molecule has 0 bridgehead atoms. The van der Waals surface area contributed by atoms with E-state index in [0.717, 1.165) is 28.8 Å². The molecule has 106 valence electrons. The Bertz CT molecular complexity index is 565. The highest BCUT2D eigenvalue weighted by Gasteiger charge is 2.01. The Morgan fingerprint density at radius 1 is 1.35 bits per heavy atom. The molecule has 0 N–H and O–H groups in total. The average Bonchev–Trinajstić information content (AvgIpc) is 2.89. The SMILES string of the molecule is COCCN(C)c1ccc(/C=C/c2nc(C)ns2)cn1. The van der Waals surface area contributed by atoms with Crippen LogP contribution in [-0.2, 0) is 4.74 Å². The molecule has 0 aliphatic rings. The van der Waals surface area contributed by atoms with Gasteiger partial charge in [-0.15, -0.1) is 0 Å². The van der Waals surface area contributed by atoms with Gasteiger partial charge in [0.15, 0.2) is 0 Å². The summed E-state index contributed by atoms with van der Waals surface area (Å²) in [5, 5.41) is 0.906. The summed E-state index contributed by atoms with van der Waals surface area (Å²) in [6.07, 6.45) is 5.80. The molecule has 20 heavy (non-hydrogen) atoms. The Morgan fingerprint density at radius 2 is 2.20 bits per heavy atom. The molecule has 0 atom stereocenters. The molecule has 2 rings (SSSR count). The van der Waals surface area contributed by atoms with E-state index in [1.54, 1.807) is 7.11 Å². The summed E-state index contributed by atoms with van der Waals surface area (Å²) in [6.45, 7) is 3.40. The van der Waals surface area contributed by atoms with Gasteiger partial charge < -0.3 is 9.64 Å². The van der Waals surface area contributed by atoms with Crippen LogP contribution >= 0.6 is 11.5 Å². The standard InChI is InChI=1S/C14H18N4OS/c1-11-16-14(20-17-11)7-5-12-4-6-13(15-10-12)18(2)8-9-19-3/h4-7,10H,8-9H2,1-3H3/b7-5+. The minimum absolute atomic E-state index is 0.691. The van der Waals surface area contributed by atoms with Crippen LogP contribution in [-0.4, -0.2) is 41.7 Å². The van der Waals surface area contributed by atoms with Crippen molar-refractivity contribution in [2.24, 2.45) is 0 Å². The van der Waals surface area contributed by atoms with Crippen molar-refractivity contribution in [3.8, 4) is 0 Å². The molecule has 0 aromatic carbocycles. The third-order valence-corrected chi connectivity index (χ3v) is 3.52. The van der Waals surface area contributed by atoms with E-state index in [0.29, 0.717) is 6.61 Å². The fourth-order valence-corrected chi connectivity index (χ4v) is 2.18. The molecule has 5 nitrogen and oxygen atoms in total. The van der Waals surface area contributed by atoms with Crippen LogP contribution in [0.5, 0.6) is 0 Å². The zero-order valence-electron chi connectivity index (χ0n) is 11.9. The first-order valence-corrected chi connectivity index (χ1v) is 7.11. The van der Waals surface area contributed by atoms with Gasteiger partial charge in [-0.2, -0.15) is 4.37 Å². The number of likely N-dealkylation sites (N-methyl/N-ethyl adjacent to an activating group) is 1. The molecule has 0 aliphatic heterocycles. The van der Waals surface area contributed by atoms with Gasteiger partial charge in [0.25, 0.3) is 0 Å². The van der Waals surface area contributed by atoms with Crippen LogP contribution in [0.3, 0.4) is 0 Å². The van der Waals surface area contributed by atoms with E-state index in [4.69, 9.17) is 4.74 Å². The van der Waals surface area contributed by atoms with Crippen LogP contribution in [0.25, 0.3) is 12.2 Å². The highest BCUT2D eigenvalue weighted by molar-refractivity contribution is 7.06. The summed E-state index contributed by atoms with van der Waals surface area (Å²) in [5.41, 5.74) is 1.04. The molecule has 2 heterocycles. The smallest absolute Gasteiger partial charge is 0.139 e. The first kappa shape index (κ1) is 14.6. The lowest BCUT2D eigenvalue weighted by Crippen LogP contribution is -2.22. The van der Waals surface area contributed by atoms with E-state index in [2.05, 4.69) is 19.2 Å². The highest BCUT2D eigenvalue weighted by atomic mass is 32.1. The quantitative estimate of drug-likeness (QED) is 0.818. The maximum absolute atomic E-state index is 5.05. The van der Waals surface area contributed by atoms with Gasteiger partial charge in [0.2, 0.25) is 0 Å². The summed E-state index contributed by atoms with van der Waals surface area (Å²) in [7, 11) is 3.70. The number of ether oxygens (including phenoxy) is 1. The van der Waals surface area contributed by atoms with Crippen molar-refractivity contribution >= 4 is 29.5 Å². The Kier molecular flexibility index (Phi) is 5.20. The third-order valence-electron chi connectivity index (χ3n) is 2.75. The summed E-state index contributed by atoms with van der Waals surface area (Å²) in [6, 6.07) is 4.04. The molecule has 0 radical (unpaired) electrons. The molecule has 0 fully saturated rings. The van der Waals surface area contributed by atoms with Crippen molar-refractivity contribution in [2.75, 3.05) is 32.2 Å². The molecule has 2 aromatic rings. The van der Waals surface area contributed by atoms with E-state index in [-0.39, 0.29) is 0 Å². The topological polar surface area (TPSA) is 51.1 Å². The lowest BCUT2D eigenvalue weighted by atomic mass is 10.2. The van der Waals surface area contributed by atoms with Crippen molar-refractivity contribution in [2.45, 2.75) is 6.92 Å². The predicted octanol–water partition coefficient (Wildman–Crippen LogP) is 2.49. The van der Waals surface area contributed by atoms with Gasteiger partial charge in [0.05, 0.1) is 6.61 Å². The zero-order chi connectivity index (χ0) is 14.4. The van der Waals surface area contributed by atoms with Crippen molar-refractivity contribution in [3.05, 3.63) is 34.7 Å². The van der Waals surface area contributed by atoms with E-state index in [1.165, 1.54) is 11.5 Å². The Morgan fingerprint density at radius 3 is 2.80 bits per heavy atom. The van der Waals surface area contributed by atoms with E-state index in [1.807, 2.05) is 44.5 Å². The number of hydrogen-bond donors (Lipinski definition) is 0. The molecule has 0 saturated carbocycles. The Hall–Kier alpha value is -1.79. The van der Waals surface area contributed by atoms with E-state index in [9.17, 15) is 0 Å². The number of anilines is 1. The number of hydrogen-bond acceptors (Lipinski definition) is 6. The Balaban J connectivity index is 1.99. The maximum Gasteiger partial charge on any atom is 0.139 e. The lowest BCUT2D eigenvalue weighted by molar-refractivity contribution is 0.206. The van der Waals surface area contributed by atoms with Crippen LogP contribution in [0, 0.1) is 6.92 Å². The van der Waals surface area contributed by atoms with Gasteiger partial charge >= 0.3 is 0 Å². The van der Waals surface area contributed by atoms with Crippen molar-refractivity contribution < 1.29 is 4.74 Å². The fourth-order valence-electron chi connectivity index (χ4n) is 1.61. The summed E-state index contributed by atoms with van der Waals surface area (Å²) >= 11 is 1.40. The van der Waals surface area contributed by atoms with Crippen LogP contribution in [0.4, 0.5) is 5.82 Å². The molecule has 0 saturated heterocycles. The maximum atomic E-state index is 5.05. The minimum Gasteiger partial charge on any atom is -0.383 e. The van der Waals surface area contributed by atoms with Crippen molar-refractivity contribution in [1.82, 2.24) is 14.3 Å². The van der Waals surface area contributed by atoms with Crippen LogP contribution < -0.4 is 4.90 Å². The van der Waals surface area contributed by atoms with Gasteiger partial charge in [-0.3, -0.25) is 0 Å². The molecule has 0 unspecified atom stereocenters. The van der Waals surface area contributed by atoms with Crippen molar-refractivity contribution in [1.29, 1.82) is 0 Å². The molecule has 0 spiro atoms. The second-order valence-electron chi connectivity index (χ2n) is 4.38. The van der Waals surface area contributed by atoms with Gasteiger partial charge in [-0.05, 0) is 42.2 Å². The Labute approximate surface area is 123 Å². The second-order valence-corrected chi connectivity index (χ2v) is 5.16. The number of rotatable bonds is 6. The number of nitrogens with zero attached hydrogens (tertiary/aromatic N) is 4. The fraction of sp³-hybridized carbons (Fsp3) is 0.357. The van der Waals surface area contributed by atoms with Gasteiger partial charge in [-0.1, -0.05) is 6.08 Å². The van der Waals surface area contributed by atoms with E-state index >= 15 is 0 Å². The normalized spacial score (nSPS) is 11.2. The molecule has 0 amide bonds. The van der Waals surface area contributed by atoms with Gasteiger partial charge in [0.1, 0.15) is 16.6 Å². The van der Waals surface area contributed by atoms with Gasteiger partial charge in [0, 0.05) is 26.9 Å². The number of pyridine rings is 1. The van der Waals surface area contributed by atoms with Crippen molar-refractivity contribution in [3.63, 3.8) is 0 Å². The third kappa shape index (κ3) is 4.11. The van der Waals surface area contributed by atoms with Gasteiger partial charge in [-0.25, -0.2) is 9.97 Å². The minimum atomic E-state index is 0.691. The van der Waals surface area contributed by atoms with Crippen LogP contribution in [0.15, 0.2) is 18.3 Å². The summed E-state index contributed by atoms with van der Waals surface area (Å²) in [5.74, 6) is 1.74.